The fourth-order valence-electron chi connectivity index (χ4n) is 1.20. The van der Waals surface area contributed by atoms with Crippen LogP contribution in [0.3, 0.4) is 0 Å². The molecule has 0 saturated carbocycles. The monoisotopic (exact) mass is 252 g/mol. The van der Waals surface area contributed by atoms with Crippen molar-refractivity contribution in [1.82, 2.24) is 0 Å². The van der Waals surface area contributed by atoms with Gasteiger partial charge in [0.15, 0.2) is 0 Å². The molecule has 0 unspecified atom stereocenters. The Bertz CT molecular complexity index is 510. The van der Waals surface area contributed by atoms with Gasteiger partial charge in [-0.2, -0.15) is 5.26 Å². The zero-order valence-corrected chi connectivity index (χ0v) is 8.95. The van der Waals surface area contributed by atoms with E-state index in [4.69, 9.17) is 11.0 Å². The molecule has 2 aromatic rings. The van der Waals surface area contributed by atoms with Gasteiger partial charge in [0.25, 0.3) is 0 Å². The van der Waals surface area contributed by atoms with Gasteiger partial charge in [-0.1, -0.05) is 0 Å². The van der Waals surface area contributed by atoms with Crippen LogP contribution >= 0.6 is 27.3 Å². The summed E-state index contributed by atoms with van der Waals surface area (Å²) in [5, 5.41) is 11.9. The van der Waals surface area contributed by atoms with Crippen LogP contribution in [0.5, 0.6) is 0 Å². The van der Waals surface area contributed by atoms with Crippen LogP contribution in [0.1, 0.15) is 5.56 Å². The molecule has 1 aromatic carbocycles. The molecule has 0 spiro atoms. The quantitative estimate of drug-likeness (QED) is 0.733. The van der Waals surface area contributed by atoms with Gasteiger partial charge in [-0.05, 0) is 38.8 Å². The molecule has 4 heteroatoms. The summed E-state index contributed by atoms with van der Waals surface area (Å²) < 4.78 is 1.88. The SMILES string of the molecule is N#Cc1c(N)cc2ccsc2c1Br. The molecule has 0 fully saturated rings. The van der Waals surface area contributed by atoms with Crippen LogP contribution in [-0.4, -0.2) is 0 Å². The molecule has 0 aliphatic rings. The average molecular weight is 253 g/mol. The lowest BCUT2D eigenvalue weighted by molar-refractivity contribution is 1.49. The molecule has 2 N–H and O–H groups in total. The second-order valence-electron chi connectivity index (χ2n) is 2.61. The smallest absolute Gasteiger partial charge is 0.103 e. The summed E-state index contributed by atoms with van der Waals surface area (Å²) in [4.78, 5) is 0. The zero-order chi connectivity index (χ0) is 9.42. The second-order valence-corrected chi connectivity index (χ2v) is 4.31. The van der Waals surface area contributed by atoms with Gasteiger partial charge < -0.3 is 5.73 Å². The minimum absolute atomic E-state index is 0.523. The molecule has 0 amide bonds. The average Bonchev–Trinajstić information content (AvgIpc) is 2.53. The van der Waals surface area contributed by atoms with Gasteiger partial charge >= 0.3 is 0 Å². The third-order valence-electron chi connectivity index (χ3n) is 1.83. The first-order valence-corrected chi connectivity index (χ1v) is 5.26. The fourth-order valence-corrected chi connectivity index (χ4v) is 2.85. The number of halogens is 1. The minimum atomic E-state index is 0.523. The number of nitrogen functional groups attached to an aromatic ring is 1. The van der Waals surface area contributed by atoms with E-state index in [2.05, 4.69) is 22.0 Å². The van der Waals surface area contributed by atoms with Gasteiger partial charge in [0.05, 0.1) is 15.7 Å². The highest BCUT2D eigenvalue weighted by atomic mass is 79.9. The summed E-state index contributed by atoms with van der Waals surface area (Å²) in [6, 6.07) is 5.90. The summed E-state index contributed by atoms with van der Waals surface area (Å²) in [5.41, 5.74) is 6.76. The molecular weight excluding hydrogens is 248 g/mol. The maximum atomic E-state index is 8.84. The highest BCUT2D eigenvalue weighted by Crippen LogP contribution is 2.34. The number of hydrogen-bond acceptors (Lipinski definition) is 3. The number of anilines is 1. The maximum absolute atomic E-state index is 8.84. The second kappa shape index (κ2) is 3.02. The van der Waals surface area contributed by atoms with E-state index < -0.39 is 0 Å². The molecule has 0 radical (unpaired) electrons. The predicted octanol–water partition coefficient (Wildman–Crippen LogP) is 3.12. The maximum Gasteiger partial charge on any atom is 0.103 e. The zero-order valence-electron chi connectivity index (χ0n) is 6.54. The van der Waals surface area contributed by atoms with E-state index in [1.165, 1.54) is 0 Å². The molecule has 2 rings (SSSR count). The first-order valence-electron chi connectivity index (χ1n) is 3.59. The van der Waals surface area contributed by atoms with Crippen LogP contribution in [0.25, 0.3) is 10.1 Å². The van der Waals surface area contributed by atoms with Crippen molar-refractivity contribution in [2.45, 2.75) is 0 Å². The molecule has 0 atom stereocenters. The molecule has 1 heterocycles. The third-order valence-corrected chi connectivity index (χ3v) is 3.83. The van der Waals surface area contributed by atoms with E-state index >= 15 is 0 Å². The van der Waals surface area contributed by atoms with Gasteiger partial charge in [0.1, 0.15) is 6.07 Å². The van der Waals surface area contributed by atoms with Crippen molar-refractivity contribution in [3.63, 3.8) is 0 Å². The van der Waals surface area contributed by atoms with Crippen molar-refractivity contribution in [3.8, 4) is 6.07 Å². The molecule has 0 aliphatic heterocycles. The van der Waals surface area contributed by atoms with Crippen LogP contribution in [-0.2, 0) is 0 Å². The fraction of sp³-hybridized carbons (Fsp3) is 0. The van der Waals surface area contributed by atoms with Gasteiger partial charge in [0, 0.05) is 4.70 Å². The lowest BCUT2D eigenvalue weighted by Crippen LogP contribution is -1.90. The third kappa shape index (κ3) is 1.21. The Labute approximate surface area is 87.7 Å². The van der Waals surface area contributed by atoms with E-state index in [1.54, 1.807) is 11.3 Å². The predicted molar refractivity (Wildman–Crippen MR) is 58.7 cm³/mol. The van der Waals surface area contributed by atoms with Crippen LogP contribution in [0.15, 0.2) is 22.0 Å². The number of nitrogens with two attached hydrogens (primary N) is 1. The largest absolute Gasteiger partial charge is 0.398 e. The molecule has 0 saturated heterocycles. The number of nitrogens with zero attached hydrogens (tertiary/aromatic N) is 1. The van der Waals surface area contributed by atoms with Gasteiger partial charge in [-0.15, -0.1) is 11.3 Å². The molecule has 2 nitrogen and oxygen atoms in total. The molecule has 13 heavy (non-hydrogen) atoms. The molecular formula is C9H5BrN2S. The van der Waals surface area contributed by atoms with Crippen molar-refractivity contribution in [2.24, 2.45) is 0 Å². The molecule has 1 aromatic heterocycles. The van der Waals surface area contributed by atoms with Crippen molar-refractivity contribution < 1.29 is 0 Å². The van der Waals surface area contributed by atoms with Crippen molar-refractivity contribution in [3.05, 3.63) is 27.5 Å². The van der Waals surface area contributed by atoms with Crippen LogP contribution in [0, 0.1) is 11.3 Å². The molecule has 0 aliphatic carbocycles. The highest BCUT2D eigenvalue weighted by molar-refractivity contribution is 9.10. The Morgan fingerprint density at radius 2 is 2.31 bits per heavy atom. The lowest BCUT2D eigenvalue weighted by atomic mass is 10.1. The number of benzene rings is 1. The number of thiophene rings is 1. The van der Waals surface area contributed by atoms with Crippen LogP contribution in [0.4, 0.5) is 5.69 Å². The normalized spacial score (nSPS) is 10.2. The van der Waals surface area contributed by atoms with Crippen molar-refractivity contribution in [1.29, 1.82) is 5.26 Å². The minimum Gasteiger partial charge on any atom is -0.398 e. The summed E-state index contributed by atoms with van der Waals surface area (Å²) >= 11 is 4.98. The first kappa shape index (κ1) is 8.54. The topological polar surface area (TPSA) is 49.8 Å². The number of nitriles is 1. The Balaban J connectivity index is 2.95. The van der Waals surface area contributed by atoms with E-state index in [0.717, 1.165) is 14.6 Å². The van der Waals surface area contributed by atoms with Crippen LogP contribution in [0.2, 0.25) is 0 Å². The van der Waals surface area contributed by atoms with Crippen molar-refractivity contribution >= 4 is 43.0 Å². The summed E-state index contributed by atoms with van der Waals surface area (Å²) in [7, 11) is 0. The lowest BCUT2D eigenvalue weighted by Gasteiger charge is -2.01. The highest BCUT2D eigenvalue weighted by Gasteiger charge is 2.09. The Hall–Kier alpha value is -1.05. The summed E-state index contributed by atoms with van der Waals surface area (Å²) in [6.07, 6.45) is 0. The Morgan fingerprint density at radius 3 is 3.00 bits per heavy atom. The standard InChI is InChI=1S/C9H5BrN2S/c10-8-6(4-11)7(12)3-5-1-2-13-9(5)8/h1-3H,12H2. The van der Waals surface area contributed by atoms with Gasteiger partial charge in [-0.25, -0.2) is 0 Å². The Kier molecular flexibility index (Phi) is 1.98. The van der Waals surface area contributed by atoms with Crippen LogP contribution < -0.4 is 5.73 Å². The van der Waals surface area contributed by atoms with Gasteiger partial charge in [-0.3, -0.25) is 0 Å². The molecule has 64 valence electrons. The number of hydrogen-bond donors (Lipinski definition) is 1. The molecule has 0 bridgehead atoms. The van der Waals surface area contributed by atoms with E-state index in [0.29, 0.717) is 11.3 Å². The first-order chi connectivity index (χ1) is 6.24. The number of fused-ring (bicyclic) bond motifs is 1. The number of rotatable bonds is 0. The summed E-state index contributed by atoms with van der Waals surface area (Å²) in [6.45, 7) is 0. The van der Waals surface area contributed by atoms with E-state index in [9.17, 15) is 0 Å². The van der Waals surface area contributed by atoms with Crippen molar-refractivity contribution in [2.75, 3.05) is 5.73 Å². The van der Waals surface area contributed by atoms with Gasteiger partial charge in [0.2, 0.25) is 0 Å². The van der Waals surface area contributed by atoms with E-state index in [1.807, 2.05) is 17.5 Å². The Morgan fingerprint density at radius 1 is 1.54 bits per heavy atom. The summed E-state index contributed by atoms with van der Waals surface area (Å²) in [5.74, 6) is 0. The van der Waals surface area contributed by atoms with E-state index in [-0.39, 0.29) is 0 Å².